The molecule has 3 rings (SSSR count). The molecule has 1 amide bonds. The number of amides is 1. The fraction of sp³-hybridized carbons (Fsp3) is 0.167. The molecule has 17 heavy (non-hydrogen) atoms. The van der Waals surface area contributed by atoms with Crippen LogP contribution in [-0.4, -0.2) is 15.8 Å². The molecule has 1 heterocycles. The van der Waals surface area contributed by atoms with E-state index in [9.17, 15) is 4.79 Å². The van der Waals surface area contributed by atoms with Gasteiger partial charge < -0.3 is 11.6 Å². The Kier molecular flexibility index (Phi) is 1.95. The number of fused-ring (bicyclic) bond motifs is 3. The van der Waals surface area contributed by atoms with Crippen LogP contribution in [-0.2, 0) is 12.8 Å². The van der Waals surface area contributed by atoms with Crippen LogP contribution in [0, 0.1) is 0 Å². The van der Waals surface area contributed by atoms with Gasteiger partial charge in [0.15, 0.2) is 5.69 Å². The maximum absolute atomic E-state index is 11.3. The highest BCUT2D eigenvalue weighted by Gasteiger charge is 2.26. The van der Waals surface area contributed by atoms with E-state index in [1.807, 2.05) is 18.2 Å². The second kappa shape index (κ2) is 3.35. The van der Waals surface area contributed by atoms with E-state index in [4.69, 9.17) is 11.6 Å². The maximum atomic E-state index is 11.3. The smallest absolute Gasteiger partial charge is 0.269 e. The van der Waals surface area contributed by atoms with E-state index in [0.29, 0.717) is 0 Å². The van der Waals surface area contributed by atoms with Gasteiger partial charge in [0.2, 0.25) is 0 Å². The lowest BCUT2D eigenvalue weighted by Gasteiger charge is -2.16. The summed E-state index contributed by atoms with van der Waals surface area (Å²) in [6.07, 6.45) is 1.64. The summed E-state index contributed by atoms with van der Waals surface area (Å²) in [4.78, 5) is 12.5. The molecule has 1 aliphatic carbocycles. The molecular formula is C12H12N4O. The Labute approximate surface area is 98.0 Å². The zero-order chi connectivity index (χ0) is 12.0. The lowest BCUT2D eigenvalue weighted by molar-refractivity contribution is 0.0994. The van der Waals surface area contributed by atoms with Gasteiger partial charge in [-0.15, -0.1) is 5.10 Å². The van der Waals surface area contributed by atoms with Crippen molar-refractivity contribution in [1.82, 2.24) is 9.89 Å². The SMILES string of the molecule is NC(=O)c1nn(N)c2c1CCc1ccccc1-2. The topological polar surface area (TPSA) is 86.9 Å². The number of carbonyl (C=O) groups is 1. The van der Waals surface area contributed by atoms with E-state index in [-0.39, 0.29) is 5.69 Å². The number of aryl methyl sites for hydroxylation is 1. The molecule has 2 aromatic rings. The number of hydrogen-bond donors (Lipinski definition) is 2. The minimum atomic E-state index is -0.523. The van der Waals surface area contributed by atoms with Crippen molar-refractivity contribution in [3.8, 4) is 11.3 Å². The Bertz CT molecular complexity index is 615. The van der Waals surface area contributed by atoms with E-state index in [1.165, 1.54) is 10.4 Å². The normalized spacial score (nSPS) is 12.9. The zero-order valence-electron chi connectivity index (χ0n) is 9.18. The molecule has 0 saturated carbocycles. The summed E-state index contributed by atoms with van der Waals surface area (Å²) in [5, 5.41) is 4.01. The fourth-order valence-corrected chi connectivity index (χ4v) is 2.42. The van der Waals surface area contributed by atoms with Crippen molar-refractivity contribution in [1.29, 1.82) is 0 Å². The Morgan fingerprint density at radius 1 is 1.29 bits per heavy atom. The van der Waals surface area contributed by atoms with E-state index < -0.39 is 5.91 Å². The summed E-state index contributed by atoms with van der Waals surface area (Å²) < 4.78 is 0. The number of carbonyl (C=O) groups excluding carboxylic acids is 1. The molecule has 0 bridgehead atoms. The van der Waals surface area contributed by atoms with Crippen molar-refractivity contribution >= 4 is 5.91 Å². The first-order valence-corrected chi connectivity index (χ1v) is 5.43. The molecule has 0 unspecified atom stereocenters. The summed E-state index contributed by atoms with van der Waals surface area (Å²) in [5.41, 5.74) is 9.52. The molecule has 0 aliphatic heterocycles. The van der Waals surface area contributed by atoms with Gasteiger partial charge in [-0.05, 0) is 18.4 Å². The van der Waals surface area contributed by atoms with Gasteiger partial charge in [-0.3, -0.25) is 4.79 Å². The van der Waals surface area contributed by atoms with Gasteiger partial charge >= 0.3 is 0 Å². The van der Waals surface area contributed by atoms with Gasteiger partial charge in [0.25, 0.3) is 5.91 Å². The highest BCUT2D eigenvalue weighted by atomic mass is 16.1. The maximum Gasteiger partial charge on any atom is 0.269 e. The molecule has 1 aromatic carbocycles. The highest BCUT2D eigenvalue weighted by molar-refractivity contribution is 5.94. The van der Waals surface area contributed by atoms with Crippen LogP contribution in [0.15, 0.2) is 24.3 Å². The Hall–Kier alpha value is -2.30. The summed E-state index contributed by atoms with van der Waals surface area (Å²) in [6, 6.07) is 8.00. The zero-order valence-corrected chi connectivity index (χ0v) is 9.18. The average molecular weight is 228 g/mol. The summed E-state index contributed by atoms with van der Waals surface area (Å²) >= 11 is 0. The first kappa shape index (κ1) is 9.89. The third-order valence-electron chi connectivity index (χ3n) is 3.16. The molecule has 5 heteroatoms. The van der Waals surface area contributed by atoms with Crippen molar-refractivity contribution in [3.63, 3.8) is 0 Å². The number of nitrogens with zero attached hydrogens (tertiary/aromatic N) is 2. The lowest BCUT2D eigenvalue weighted by Crippen LogP contribution is -2.16. The van der Waals surface area contributed by atoms with Crippen LogP contribution in [0.1, 0.15) is 21.6 Å². The first-order valence-electron chi connectivity index (χ1n) is 5.43. The third-order valence-corrected chi connectivity index (χ3v) is 3.16. The number of primary amides is 1. The van der Waals surface area contributed by atoms with Gasteiger partial charge in [0.1, 0.15) is 0 Å². The van der Waals surface area contributed by atoms with Gasteiger partial charge in [-0.2, -0.15) is 4.79 Å². The van der Waals surface area contributed by atoms with E-state index in [0.717, 1.165) is 29.7 Å². The predicted molar refractivity (Wildman–Crippen MR) is 63.7 cm³/mol. The second-order valence-electron chi connectivity index (χ2n) is 4.14. The molecule has 0 saturated heterocycles. The van der Waals surface area contributed by atoms with Crippen LogP contribution in [0.4, 0.5) is 0 Å². The molecule has 4 N–H and O–H groups in total. The average Bonchev–Trinajstić information content (AvgIpc) is 2.67. The molecule has 0 fully saturated rings. The van der Waals surface area contributed by atoms with Gasteiger partial charge in [-0.1, -0.05) is 24.3 Å². The monoisotopic (exact) mass is 228 g/mol. The molecule has 5 nitrogen and oxygen atoms in total. The van der Waals surface area contributed by atoms with Gasteiger partial charge in [0, 0.05) is 11.1 Å². The predicted octanol–water partition coefficient (Wildman–Crippen LogP) is 0.461. The molecule has 0 atom stereocenters. The molecule has 1 aliphatic rings. The minimum Gasteiger partial charge on any atom is -0.364 e. The van der Waals surface area contributed by atoms with Gasteiger partial charge in [-0.25, -0.2) is 0 Å². The second-order valence-corrected chi connectivity index (χ2v) is 4.14. The lowest BCUT2D eigenvalue weighted by atomic mass is 9.89. The number of rotatable bonds is 1. The minimum absolute atomic E-state index is 0.289. The van der Waals surface area contributed by atoms with Crippen LogP contribution in [0.2, 0.25) is 0 Å². The van der Waals surface area contributed by atoms with Crippen molar-refractivity contribution in [2.45, 2.75) is 12.8 Å². The van der Waals surface area contributed by atoms with Crippen LogP contribution < -0.4 is 11.6 Å². The number of hydrogen-bond acceptors (Lipinski definition) is 3. The molecule has 0 radical (unpaired) electrons. The number of aromatic nitrogens is 2. The standard InChI is InChI=1S/C12H12N4O/c13-12(17)10-9-6-5-7-3-1-2-4-8(7)11(9)16(14)15-10/h1-4H,5-6,14H2,(H2,13,17). The number of benzene rings is 1. The quantitative estimate of drug-likeness (QED) is 0.695. The summed E-state index contributed by atoms with van der Waals surface area (Å²) in [5.74, 6) is 5.29. The summed E-state index contributed by atoms with van der Waals surface area (Å²) in [6.45, 7) is 0. The fourth-order valence-electron chi connectivity index (χ4n) is 2.42. The van der Waals surface area contributed by atoms with Crippen molar-refractivity contribution < 1.29 is 4.79 Å². The van der Waals surface area contributed by atoms with Crippen molar-refractivity contribution in [2.24, 2.45) is 5.73 Å². The van der Waals surface area contributed by atoms with Crippen LogP contribution >= 0.6 is 0 Å². The summed E-state index contributed by atoms with van der Waals surface area (Å²) in [7, 11) is 0. The Balaban J connectivity index is 2.30. The number of nitrogen functional groups attached to an aromatic ring is 1. The molecule has 0 spiro atoms. The van der Waals surface area contributed by atoms with Crippen LogP contribution in [0.25, 0.3) is 11.3 Å². The Morgan fingerprint density at radius 2 is 2.06 bits per heavy atom. The molecular weight excluding hydrogens is 216 g/mol. The molecule has 1 aromatic heterocycles. The largest absolute Gasteiger partial charge is 0.364 e. The van der Waals surface area contributed by atoms with Gasteiger partial charge in [0.05, 0.1) is 5.69 Å². The van der Waals surface area contributed by atoms with Crippen molar-refractivity contribution in [3.05, 3.63) is 41.1 Å². The number of nitrogens with two attached hydrogens (primary N) is 2. The third kappa shape index (κ3) is 1.32. The van der Waals surface area contributed by atoms with Crippen molar-refractivity contribution in [2.75, 3.05) is 5.84 Å². The first-order chi connectivity index (χ1) is 8.18. The van der Waals surface area contributed by atoms with Crippen LogP contribution in [0.5, 0.6) is 0 Å². The molecule has 86 valence electrons. The van der Waals surface area contributed by atoms with E-state index in [1.54, 1.807) is 0 Å². The highest BCUT2D eigenvalue weighted by Crippen LogP contribution is 2.33. The van der Waals surface area contributed by atoms with Crippen LogP contribution in [0.3, 0.4) is 0 Å². The Morgan fingerprint density at radius 3 is 2.82 bits per heavy atom. The van der Waals surface area contributed by atoms with E-state index >= 15 is 0 Å². The van der Waals surface area contributed by atoms with E-state index in [2.05, 4.69) is 11.2 Å².